The highest BCUT2D eigenvalue weighted by atomic mass is 16.3. The molecule has 6 aromatic carbocycles. The third kappa shape index (κ3) is 4.48. The maximum absolute atomic E-state index is 6.24. The van der Waals surface area contributed by atoms with Crippen LogP contribution in [-0.4, -0.2) is 15.0 Å². The van der Waals surface area contributed by atoms with E-state index in [1.165, 1.54) is 38.4 Å². The summed E-state index contributed by atoms with van der Waals surface area (Å²) in [5.74, 6) is 1.75. The lowest BCUT2D eigenvalue weighted by Crippen LogP contribution is -2.14. The smallest absolute Gasteiger partial charge is 0.164 e. The van der Waals surface area contributed by atoms with Crippen LogP contribution in [0.15, 0.2) is 144 Å². The van der Waals surface area contributed by atoms with Crippen molar-refractivity contribution in [3.05, 3.63) is 157 Å². The second-order valence-electron chi connectivity index (χ2n) is 13.2. The standard InChI is InChI=1S/C45H33N3O/c1-5-7-13-27(6-2)42-46-43(29-21-23-34-33-15-9-11-19-40(33)49-41(34)25-29)48-44(47-42)35-17-12-16-30-31(35)22-20-28-24-37-32-14-8-10-18-38(32)45(3,4)39(37)26-36(28)30/h5-26H,2H2,1,3-4H3/b7-5-,27-13+. The molecule has 0 atom stereocenters. The van der Waals surface area contributed by atoms with E-state index in [4.69, 9.17) is 19.4 Å². The van der Waals surface area contributed by atoms with E-state index in [-0.39, 0.29) is 5.41 Å². The van der Waals surface area contributed by atoms with Crippen LogP contribution < -0.4 is 0 Å². The minimum atomic E-state index is -0.0841. The number of nitrogens with zero attached hydrogens (tertiary/aromatic N) is 3. The van der Waals surface area contributed by atoms with Crippen LogP contribution in [0, 0.1) is 0 Å². The molecule has 2 aromatic heterocycles. The van der Waals surface area contributed by atoms with Crippen LogP contribution in [0.5, 0.6) is 0 Å². The minimum absolute atomic E-state index is 0.0841. The Hall–Kier alpha value is -6.13. The molecule has 8 aromatic rings. The summed E-state index contributed by atoms with van der Waals surface area (Å²) in [4.78, 5) is 15.2. The molecule has 0 saturated carbocycles. The number of hydrogen-bond donors (Lipinski definition) is 0. The predicted molar refractivity (Wildman–Crippen MR) is 204 cm³/mol. The molecule has 49 heavy (non-hydrogen) atoms. The van der Waals surface area contributed by atoms with Gasteiger partial charge >= 0.3 is 0 Å². The lowest BCUT2D eigenvalue weighted by Gasteiger charge is -2.22. The fourth-order valence-electron chi connectivity index (χ4n) is 7.54. The van der Waals surface area contributed by atoms with Crippen LogP contribution in [0.1, 0.15) is 37.7 Å². The number of aromatic nitrogens is 3. The van der Waals surface area contributed by atoms with Gasteiger partial charge in [0.2, 0.25) is 0 Å². The summed E-state index contributed by atoms with van der Waals surface area (Å²) in [7, 11) is 0. The summed E-state index contributed by atoms with van der Waals surface area (Å²) in [6, 6.07) is 38.7. The van der Waals surface area contributed by atoms with Gasteiger partial charge in [0.25, 0.3) is 0 Å². The molecule has 0 spiro atoms. The predicted octanol–water partition coefficient (Wildman–Crippen LogP) is 11.9. The van der Waals surface area contributed by atoms with Gasteiger partial charge in [0, 0.05) is 32.9 Å². The zero-order valence-corrected chi connectivity index (χ0v) is 27.7. The summed E-state index contributed by atoms with van der Waals surface area (Å²) >= 11 is 0. The Labute approximate surface area is 284 Å². The van der Waals surface area contributed by atoms with Crippen molar-refractivity contribution in [2.75, 3.05) is 0 Å². The van der Waals surface area contributed by atoms with Crippen molar-refractivity contribution < 1.29 is 4.42 Å². The van der Waals surface area contributed by atoms with Crippen LogP contribution in [-0.2, 0) is 5.41 Å². The van der Waals surface area contributed by atoms with Crippen molar-refractivity contribution >= 4 is 49.1 Å². The zero-order chi connectivity index (χ0) is 33.3. The molecule has 0 N–H and O–H groups in total. The Morgan fingerprint density at radius 2 is 1.39 bits per heavy atom. The molecule has 0 unspecified atom stereocenters. The molecular formula is C45H33N3O. The maximum atomic E-state index is 6.24. The van der Waals surface area contributed by atoms with Gasteiger partial charge in [-0.1, -0.05) is 124 Å². The topological polar surface area (TPSA) is 51.8 Å². The van der Waals surface area contributed by atoms with Gasteiger partial charge in [0.15, 0.2) is 17.5 Å². The lowest BCUT2D eigenvalue weighted by molar-refractivity contribution is 0.661. The molecule has 234 valence electrons. The number of hydrogen-bond acceptors (Lipinski definition) is 4. The molecule has 4 heteroatoms. The van der Waals surface area contributed by atoms with Crippen molar-refractivity contribution in [1.29, 1.82) is 0 Å². The third-order valence-electron chi connectivity index (χ3n) is 10.0. The highest BCUT2D eigenvalue weighted by Gasteiger charge is 2.35. The van der Waals surface area contributed by atoms with Gasteiger partial charge in [-0.2, -0.15) is 0 Å². The number of benzene rings is 6. The second kappa shape index (κ2) is 11.0. The van der Waals surface area contributed by atoms with E-state index >= 15 is 0 Å². The molecule has 1 aliphatic rings. The monoisotopic (exact) mass is 631 g/mol. The number of fused-ring (bicyclic) bond motifs is 9. The van der Waals surface area contributed by atoms with Crippen LogP contribution in [0.2, 0.25) is 0 Å². The number of rotatable bonds is 5. The summed E-state index contributed by atoms with van der Waals surface area (Å²) in [5.41, 5.74) is 9.57. The molecule has 2 heterocycles. The third-order valence-corrected chi connectivity index (χ3v) is 10.0. The SMILES string of the molecule is C=C/C(=C\C=C/C)c1nc(-c2ccc3c(c2)oc2ccccc23)nc(-c2cccc3c2ccc2cc4c(cc23)C(C)(C)c2ccccc2-4)n1. The normalized spacial score (nSPS) is 13.9. The van der Waals surface area contributed by atoms with Crippen molar-refractivity contribution in [2.45, 2.75) is 26.2 Å². The maximum Gasteiger partial charge on any atom is 0.164 e. The molecular weight excluding hydrogens is 599 g/mol. The summed E-state index contributed by atoms with van der Waals surface area (Å²) in [6.07, 6.45) is 7.73. The average molecular weight is 632 g/mol. The van der Waals surface area contributed by atoms with E-state index in [0.717, 1.165) is 44.0 Å². The van der Waals surface area contributed by atoms with Crippen LogP contribution >= 0.6 is 0 Å². The van der Waals surface area contributed by atoms with E-state index in [1.54, 1.807) is 6.08 Å². The second-order valence-corrected chi connectivity index (χ2v) is 13.2. The van der Waals surface area contributed by atoms with Crippen LogP contribution in [0.4, 0.5) is 0 Å². The Balaban J connectivity index is 1.26. The highest BCUT2D eigenvalue weighted by molar-refractivity contribution is 6.13. The molecule has 0 radical (unpaired) electrons. The summed E-state index contributed by atoms with van der Waals surface area (Å²) in [6.45, 7) is 10.7. The summed E-state index contributed by atoms with van der Waals surface area (Å²) in [5, 5.41) is 6.86. The quantitative estimate of drug-likeness (QED) is 0.140. The van der Waals surface area contributed by atoms with E-state index in [0.29, 0.717) is 17.5 Å². The minimum Gasteiger partial charge on any atom is -0.456 e. The van der Waals surface area contributed by atoms with Gasteiger partial charge in [0.1, 0.15) is 11.2 Å². The molecule has 0 aliphatic heterocycles. The molecule has 4 nitrogen and oxygen atoms in total. The first-order valence-electron chi connectivity index (χ1n) is 16.7. The Kier molecular flexibility index (Phi) is 6.50. The Morgan fingerprint density at radius 1 is 0.633 bits per heavy atom. The molecule has 9 rings (SSSR count). The van der Waals surface area contributed by atoms with Gasteiger partial charge < -0.3 is 4.42 Å². The van der Waals surface area contributed by atoms with E-state index in [9.17, 15) is 0 Å². The van der Waals surface area contributed by atoms with Gasteiger partial charge in [0.05, 0.1) is 0 Å². The summed E-state index contributed by atoms with van der Waals surface area (Å²) < 4.78 is 6.24. The van der Waals surface area contributed by atoms with E-state index in [2.05, 4.69) is 105 Å². The van der Waals surface area contributed by atoms with Crippen LogP contribution in [0.3, 0.4) is 0 Å². The largest absolute Gasteiger partial charge is 0.456 e. The van der Waals surface area contributed by atoms with Gasteiger partial charge in [-0.3, -0.25) is 0 Å². The molecule has 0 bridgehead atoms. The van der Waals surface area contributed by atoms with E-state index < -0.39 is 0 Å². The first-order chi connectivity index (χ1) is 23.9. The molecule has 0 amide bonds. The molecule has 1 aliphatic carbocycles. The van der Waals surface area contributed by atoms with Crippen molar-refractivity contribution in [1.82, 2.24) is 15.0 Å². The molecule has 0 saturated heterocycles. The fourth-order valence-corrected chi connectivity index (χ4v) is 7.54. The fraction of sp³-hybridized carbons (Fsp3) is 0.0889. The number of furan rings is 1. The molecule has 0 fully saturated rings. The van der Waals surface area contributed by atoms with Gasteiger partial charge in [-0.05, 0) is 81.1 Å². The van der Waals surface area contributed by atoms with Crippen molar-refractivity contribution in [2.24, 2.45) is 0 Å². The van der Waals surface area contributed by atoms with Gasteiger partial charge in [-0.15, -0.1) is 0 Å². The number of allylic oxidation sites excluding steroid dienone is 5. The number of para-hydroxylation sites is 1. The highest BCUT2D eigenvalue weighted by Crippen LogP contribution is 2.50. The van der Waals surface area contributed by atoms with Crippen molar-refractivity contribution in [3.63, 3.8) is 0 Å². The Bertz CT molecular complexity index is 2730. The first-order valence-corrected chi connectivity index (χ1v) is 16.7. The zero-order valence-electron chi connectivity index (χ0n) is 27.7. The van der Waals surface area contributed by atoms with Crippen LogP contribution in [0.25, 0.3) is 83.0 Å². The Morgan fingerprint density at radius 3 is 2.27 bits per heavy atom. The van der Waals surface area contributed by atoms with Crippen molar-refractivity contribution in [3.8, 4) is 33.9 Å². The average Bonchev–Trinajstić information content (AvgIpc) is 3.62. The van der Waals surface area contributed by atoms with E-state index in [1.807, 2.05) is 49.4 Å². The van der Waals surface area contributed by atoms with Gasteiger partial charge in [-0.25, -0.2) is 15.0 Å². The lowest BCUT2D eigenvalue weighted by atomic mass is 9.81. The first kappa shape index (κ1) is 29.0.